The van der Waals surface area contributed by atoms with E-state index in [1.807, 2.05) is 11.7 Å². The number of rotatable bonds is 6. The van der Waals surface area contributed by atoms with Gasteiger partial charge in [0.05, 0.1) is 11.7 Å². The molecule has 0 amide bonds. The summed E-state index contributed by atoms with van der Waals surface area (Å²) in [6, 6.07) is 0.319. The van der Waals surface area contributed by atoms with Gasteiger partial charge in [0.2, 0.25) is 0 Å². The molecule has 5 heteroatoms. The molecule has 1 N–H and O–H groups in total. The zero-order valence-electron chi connectivity index (χ0n) is 10.5. The average Bonchev–Trinajstić information content (AvgIpc) is 2.56. The molecule has 0 aliphatic rings. The van der Waals surface area contributed by atoms with Gasteiger partial charge < -0.3 is 5.32 Å². The fourth-order valence-corrected chi connectivity index (χ4v) is 2.65. The van der Waals surface area contributed by atoms with Gasteiger partial charge in [-0.2, -0.15) is 0 Å². The molecule has 0 spiro atoms. The summed E-state index contributed by atoms with van der Waals surface area (Å²) in [4.78, 5) is 0. The second-order valence-electron chi connectivity index (χ2n) is 4.19. The van der Waals surface area contributed by atoms with Crippen molar-refractivity contribution in [1.82, 2.24) is 20.3 Å². The first kappa shape index (κ1) is 13.6. The number of halogens is 1. The lowest BCUT2D eigenvalue weighted by atomic mass is 9.94. The average molecular weight is 289 g/mol. The molecule has 1 aromatic rings. The minimum absolute atomic E-state index is 0.319. The summed E-state index contributed by atoms with van der Waals surface area (Å²) in [5.74, 6) is 0.582. The van der Waals surface area contributed by atoms with E-state index in [0.717, 1.165) is 16.8 Å². The lowest BCUT2D eigenvalue weighted by Gasteiger charge is -2.24. The maximum atomic E-state index is 4.05. The molecule has 4 nitrogen and oxygen atoms in total. The van der Waals surface area contributed by atoms with Gasteiger partial charge >= 0.3 is 0 Å². The number of hydrogen-bond donors (Lipinski definition) is 1. The zero-order valence-corrected chi connectivity index (χ0v) is 12.1. The first-order chi connectivity index (χ1) is 7.61. The van der Waals surface area contributed by atoms with Crippen LogP contribution in [0.2, 0.25) is 0 Å². The Morgan fingerprint density at radius 3 is 2.56 bits per heavy atom. The van der Waals surface area contributed by atoms with E-state index in [9.17, 15) is 0 Å². The molecule has 16 heavy (non-hydrogen) atoms. The number of aryl methyl sites for hydroxylation is 1. The standard InChI is InChI=1S/C11H21BrN4/c1-5-7-8(3)9(13-6-2)10-11(12)14-15-16(10)4/h8-9,13H,5-7H2,1-4H3. The van der Waals surface area contributed by atoms with E-state index in [4.69, 9.17) is 0 Å². The summed E-state index contributed by atoms with van der Waals surface area (Å²) in [7, 11) is 1.94. The lowest BCUT2D eigenvalue weighted by molar-refractivity contribution is 0.351. The third-order valence-electron chi connectivity index (χ3n) is 2.86. The van der Waals surface area contributed by atoms with Crippen molar-refractivity contribution in [3.63, 3.8) is 0 Å². The molecule has 0 bridgehead atoms. The topological polar surface area (TPSA) is 42.7 Å². The molecule has 0 saturated heterocycles. The van der Waals surface area contributed by atoms with Gasteiger partial charge in [0.1, 0.15) is 0 Å². The molecule has 0 saturated carbocycles. The molecular formula is C11H21BrN4. The normalized spacial score (nSPS) is 15.1. The van der Waals surface area contributed by atoms with Crippen LogP contribution in [-0.2, 0) is 7.05 Å². The van der Waals surface area contributed by atoms with Gasteiger partial charge in [-0.3, -0.25) is 0 Å². The summed E-state index contributed by atoms with van der Waals surface area (Å²) in [5.41, 5.74) is 1.14. The Kier molecular flexibility index (Phi) is 5.41. The predicted octanol–water partition coefficient (Wildman–Crippen LogP) is 2.66. The maximum absolute atomic E-state index is 4.05. The summed E-state index contributed by atoms with van der Waals surface area (Å²) in [6.45, 7) is 7.58. The molecule has 0 aliphatic carbocycles. The SMILES string of the molecule is CCCC(C)C(NCC)c1c(Br)nnn1C. The van der Waals surface area contributed by atoms with E-state index in [-0.39, 0.29) is 0 Å². The van der Waals surface area contributed by atoms with Crippen molar-refractivity contribution in [2.24, 2.45) is 13.0 Å². The van der Waals surface area contributed by atoms with Crippen LogP contribution < -0.4 is 5.32 Å². The molecule has 2 unspecified atom stereocenters. The van der Waals surface area contributed by atoms with Crippen molar-refractivity contribution in [3.8, 4) is 0 Å². The first-order valence-corrected chi connectivity index (χ1v) is 6.69. The van der Waals surface area contributed by atoms with Crippen LogP contribution >= 0.6 is 15.9 Å². The van der Waals surface area contributed by atoms with E-state index >= 15 is 0 Å². The van der Waals surface area contributed by atoms with Crippen LogP contribution in [0, 0.1) is 5.92 Å². The smallest absolute Gasteiger partial charge is 0.153 e. The van der Waals surface area contributed by atoms with Crippen LogP contribution in [-0.4, -0.2) is 21.5 Å². The summed E-state index contributed by atoms with van der Waals surface area (Å²) in [6.07, 6.45) is 2.40. The Bertz CT molecular complexity index is 304. The van der Waals surface area contributed by atoms with E-state index in [1.54, 1.807) is 0 Å². The highest BCUT2D eigenvalue weighted by Gasteiger charge is 2.24. The molecule has 0 fully saturated rings. The predicted molar refractivity (Wildman–Crippen MR) is 69.2 cm³/mol. The maximum Gasteiger partial charge on any atom is 0.153 e. The van der Waals surface area contributed by atoms with Crippen LogP contribution in [0.15, 0.2) is 4.60 Å². The summed E-state index contributed by atoms with van der Waals surface area (Å²) in [5, 5.41) is 11.6. The van der Waals surface area contributed by atoms with Crippen molar-refractivity contribution in [2.75, 3.05) is 6.54 Å². The van der Waals surface area contributed by atoms with Gasteiger partial charge in [0, 0.05) is 7.05 Å². The second-order valence-corrected chi connectivity index (χ2v) is 4.94. The van der Waals surface area contributed by atoms with Crippen molar-refractivity contribution in [2.45, 2.75) is 39.7 Å². The van der Waals surface area contributed by atoms with E-state index < -0.39 is 0 Å². The van der Waals surface area contributed by atoms with Crippen LogP contribution in [0.3, 0.4) is 0 Å². The fraction of sp³-hybridized carbons (Fsp3) is 0.818. The Balaban J connectivity index is 2.92. The third-order valence-corrected chi connectivity index (χ3v) is 3.42. The fourth-order valence-electron chi connectivity index (χ4n) is 2.08. The number of nitrogens with one attached hydrogen (secondary N) is 1. The van der Waals surface area contributed by atoms with Crippen LogP contribution in [0.5, 0.6) is 0 Å². The van der Waals surface area contributed by atoms with Crippen LogP contribution in [0.1, 0.15) is 45.3 Å². The number of nitrogens with zero attached hydrogens (tertiary/aromatic N) is 3. The second kappa shape index (κ2) is 6.35. The van der Waals surface area contributed by atoms with Crippen LogP contribution in [0.25, 0.3) is 0 Å². The molecule has 1 aromatic heterocycles. The van der Waals surface area contributed by atoms with Crippen LogP contribution in [0.4, 0.5) is 0 Å². The minimum atomic E-state index is 0.319. The van der Waals surface area contributed by atoms with E-state index in [2.05, 4.69) is 52.3 Å². The van der Waals surface area contributed by atoms with Crippen molar-refractivity contribution in [1.29, 1.82) is 0 Å². The van der Waals surface area contributed by atoms with Gasteiger partial charge in [-0.15, -0.1) is 5.10 Å². The van der Waals surface area contributed by atoms with Gasteiger partial charge in [-0.1, -0.05) is 32.4 Å². The molecule has 92 valence electrons. The highest BCUT2D eigenvalue weighted by Crippen LogP contribution is 2.29. The highest BCUT2D eigenvalue weighted by molar-refractivity contribution is 9.10. The summed E-state index contributed by atoms with van der Waals surface area (Å²) < 4.78 is 2.70. The van der Waals surface area contributed by atoms with Crippen molar-refractivity contribution < 1.29 is 0 Å². The molecular weight excluding hydrogens is 268 g/mol. The monoisotopic (exact) mass is 288 g/mol. The van der Waals surface area contributed by atoms with E-state index in [1.165, 1.54) is 12.8 Å². The molecule has 0 aliphatic heterocycles. The minimum Gasteiger partial charge on any atom is -0.309 e. The Labute approximate surface area is 106 Å². The van der Waals surface area contributed by atoms with E-state index in [0.29, 0.717) is 12.0 Å². The van der Waals surface area contributed by atoms with Crippen molar-refractivity contribution in [3.05, 3.63) is 10.3 Å². The lowest BCUT2D eigenvalue weighted by Crippen LogP contribution is -2.29. The van der Waals surface area contributed by atoms with Gasteiger partial charge in [0.15, 0.2) is 4.60 Å². The highest BCUT2D eigenvalue weighted by atomic mass is 79.9. The number of aromatic nitrogens is 3. The van der Waals surface area contributed by atoms with Crippen molar-refractivity contribution >= 4 is 15.9 Å². The Hall–Kier alpha value is -0.420. The summed E-state index contributed by atoms with van der Waals surface area (Å²) >= 11 is 3.47. The van der Waals surface area contributed by atoms with Gasteiger partial charge in [-0.25, -0.2) is 4.68 Å². The molecule has 2 atom stereocenters. The van der Waals surface area contributed by atoms with Gasteiger partial charge in [0.25, 0.3) is 0 Å². The zero-order chi connectivity index (χ0) is 12.1. The number of hydrogen-bond acceptors (Lipinski definition) is 3. The molecule has 1 rings (SSSR count). The first-order valence-electron chi connectivity index (χ1n) is 5.90. The molecule has 0 aromatic carbocycles. The molecule has 0 radical (unpaired) electrons. The quantitative estimate of drug-likeness (QED) is 0.875. The largest absolute Gasteiger partial charge is 0.309 e. The Morgan fingerprint density at radius 1 is 1.44 bits per heavy atom. The Morgan fingerprint density at radius 2 is 2.12 bits per heavy atom. The molecule has 1 heterocycles. The van der Waals surface area contributed by atoms with Gasteiger partial charge in [-0.05, 0) is 34.8 Å². The third kappa shape index (κ3) is 3.04.